The minimum atomic E-state index is 0.257. The van der Waals surface area contributed by atoms with Crippen molar-refractivity contribution in [1.29, 1.82) is 0 Å². The highest BCUT2D eigenvalue weighted by molar-refractivity contribution is 6.30. The number of nitrogens with zero attached hydrogens (tertiary/aromatic N) is 3. The van der Waals surface area contributed by atoms with E-state index in [1.165, 1.54) is 12.8 Å². The number of hydrogen-bond acceptors (Lipinski definition) is 4. The second kappa shape index (κ2) is 5.85. The lowest BCUT2D eigenvalue weighted by Gasteiger charge is -2.27. The third kappa shape index (κ3) is 2.75. The van der Waals surface area contributed by atoms with E-state index in [4.69, 9.17) is 16.7 Å². The van der Waals surface area contributed by atoms with Crippen molar-refractivity contribution in [2.24, 2.45) is 0 Å². The first-order valence-corrected chi connectivity index (χ1v) is 6.89. The van der Waals surface area contributed by atoms with E-state index >= 15 is 0 Å². The monoisotopic (exact) mass is 269 g/mol. The number of anilines is 1. The van der Waals surface area contributed by atoms with Crippen LogP contribution >= 0.6 is 11.6 Å². The maximum Gasteiger partial charge on any atom is 0.137 e. The quantitative estimate of drug-likeness (QED) is 0.854. The molecule has 1 aromatic rings. The van der Waals surface area contributed by atoms with E-state index < -0.39 is 0 Å². The van der Waals surface area contributed by atoms with E-state index in [1.807, 2.05) is 13.8 Å². The third-order valence-corrected chi connectivity index (χ3v) is 3.89. The summed E-state index contributed by atoms with van der Waals surface area (Å²) >= 11 is 6.13. The maximum atomic E-state index is 8.96. The highest BCUT2D eigenvalue weighted by Gasteiger charge is 2.27. The topological polar surface area (TPSA) is 49.2 Å². The van der Waals surface area contributed by atoms with Crippen molar-refractivity contribution in [1.82, 2.24) is 9.97 Å². The molecule has 1 unspecified atom stereocenters. The number of rotatable bonds is 4. The van der Waals surface area contributed by atoms with Gasteiger partial charge in [-0.2, -0.15) is 0 Å². The third-order valence-electron chi connectivity index (χ3n) is 3.52. The zero-order chi connectivity index (χ0) is 13.1. The summed E-state index contributed by atoms with van der Waals surface area (Å²) < 4.78 is 0. The zero-order valence-electron chi connectivity index (χ0n) is 11.0. The van der Waals surface area contributed by atoms with Gasteiger partial charge in [-0.15, -0.1) is 0 Å². The van der Waals surface area contributed by atoms with Gasteiger partial charge in [0.2, 0.25) is 0 Å². The molecule has 0 aromatic carbocycles. The average Bonchev–Trinajstić information content (AvgIpc) is 2.79. The lowest BCUT2D eigenvalue weighted by molar-refractivity contribution is 0.279. The molecule has 4 nitrogen and oxygen atoms in total. The van der Waals surface area contributed by atoms with Gasteiger partial charge in [0.05, 0.1) is 0 Å². The lowest BCUT2D eigenvalue weighted by atomic mass is 10.1. The van der Waals surface area contributed by atoms with Crippen LogP contribution in [-0.2, 0) is 0 Å². The van der Waals surface area contributed by atoms with Crippen LogP contribution in [-0.4, -0.2) is 34.3 Å². The molecule has 0 aliphatic carbocycles. The van der Waals surface area contributed by atoms with Gasteiger partial charge in [-0.3, -0.25) is 0 Å². The van der Waals surface area contributed by atoms with Crippen molar-refractivity contribution >= 4 is 17.4 Å². The molecular weight excluding hydrogens is 250 g/mol. The highest BCUT2D eigenvalue weighted by atomic mass is 35.5. The second-order valence-corrected chi connectivity index (χ2v) is 5.22. The van der Waals surface area contributed by atoms with Crippen molar-refractivity contribution in [3.63, 3.8) is 0 Å². The first-order chi connectivity index (χ1) is 8.63. The van der Waals surface area contributed by atoms with Gasteiger partial charge in [-0.05, 0) is 39.5 Å². The van der Waals surface area contributed by atoms with Crippen molar-refractivity contribution < 1.29 is 5.11 Å². The Morgan fingerprint density at radius 3 is 2.89 bits per heavy atom. The van der Waals surface area contributed by atoms with Gasteiger partial charge in [0, 0.05) is 24.8 Å². The van der Waals surface area contributed by atoms with Crippen LogP contribution in [0.4, 0.5) is 5.82 Å². The van der Waals surface area contributed by atoms with E-state index in [-0.39, 0.29) is 6.61 Å². The molecule has 0 saturated carbocycles. The van der Waals surface area contributed by atoms with Crippen molar-refractivity contribution in [3.8, 4) is 0 Å². The first kappa shape index (κ1) is 13.6. The summed E-state index contributed by atoms with van der Waals surface area (Å²) in [5.74, 6) is 1.68. The fraction of sp³-hybridized carbons (Fsp3) is 0.692. The van der Waals surface area contributed by atoms with E-state index in [0.717, 1.165) is 30.8 Å². The smallest absolute Gasteiger partial charge is 0.137 e. The molecule has 1 atom stereocenters. The Hall–Kier alpha value is -0.870. The Morgan fingerprint density at radius 2 is 2.17 bits per heavy atom. The number of aryl methyl sites for hydroxylation is 1. The van der Waals surface area contributed by atoms with Gasteiger partial charge in [0.1, 0.15) is 16.8 Å². The van der Waals surface area contributed by atoms with Gasteiger partial charge in [0.25, 0.3) is 0 Å². The number of hydrogen-bond donors (Lipinski definition) is 1. The predicted molar refractivity (Wildman–Crippen MR) is 73.2 cm³/mol. The summed E-state index contributed by atoms with van der Waals surface area (Å²) in [5.41, 5.74) is 0.957. The van der Waals surface area contributed by atoms with Gasteiger partial charge in [0.15, 0.2) is 0 Å². The molecule has 1 N–H and O–H groups in total. The Labute approximate surface area is 113 Å². The molecule has 1 saturated heterocycles. The molecule has 1 fully saturated rings. The summed E-state index contributed by atoms with van der Waals surface area (Å²) in [6.07, 6.45) is 4.20. The van der Waals surface area contributed by atoms with Crippen LogP contribution in [0.1, 0.15) is 37.1 Å². The molecule has 1 aromatic heterocycles. The average molecular weight is 270 g/mol. The van der Waals surface area contributed by atoms with Gasteiger partial charge >= 0.3 is 0 Å². The van der Waals surface area contributed by atoms with Crippen molar-refractivity contribution in [2.45, 2.75) is 45.6 Å². The summed E-state index contributed by atoms with van der Waals surface area (Å²) in [4.78, 5) is 11.0. The zero-order valence-corrected chi connectivity index (χ0v) is 11.7. The summed E-state index contributed by atoms with van der Waals surface area (Å²) in [7, 11) is 0. The molecule has 2 heterocycles. The van der Waals surface area contributed by atoms with E-state index in [9.17, 15) is 0 Å². The Bertz CT molecular complexity index is 425. The minimum Gasteiger partial charge on any atom is -0.396 e. The van der Waals surface area contributed by atoms with Gasteiger partial charge in [-0.25, -0.2) is 9.97 Å². The number of halogens is 1. The van der Waals surface area contributed by atoms with Crippen LogP contribution in [0.25, 0.3) is 0 Å². The van der Waals surface area contributed by atoms with Crippen LogP contribution in [0.5, 0.6) is 0 Å². The number of aliphatic hydroxyl groups excluding tert-OH is 1. The molecule has 1 aliphatic rings. The van der Waals surface area contributed by atoms with Gasteiger partial charge < -0.3 is 10.0 Å². The Balaban J connectivity index is 2.24. The molecule has 18 heavy (non-hydrogen) atoms. The number of aromatic nitrogens is 2. The molecule has 0 radical (unpaired) electrons. The fourth-order valence-corrected chi connectivity index (χ4v) is 2.81. The minimum absolute atomic E-state index is 0.257. The van der Waals surface area contributed by atoms with Crippen LogP contribution in [0.3, 0.4) is 0 Å². The number of aliphatic hydroxyl groups is 1. The second-order valence-electron chi connectivity index (χ2n) is 4.87. The van der Waals surface area contributed by atoms with Crippen LogP contribution in [0.2, 0.25) is 5.15 Å². The normalized spacial score (nSPS) is 19.6. The van der Waals surface area contributed by atoms with Crippen LogP contribution in [0.15, 0.2) is 0 Å². The van der Waals surface area contributed by atoms with Crippen molar-refractivity contribution in [2.75, 3.05) is 18.1 Å². The summed E-state index contributed by atoms with van der Waals surface area (Å²) in [5, 5.41) is 9.51. The molecule has 0 spiro atoms. The van der Waals surface area contributed by atoms with E-state index in [0.29, 0.717) is 17.0 Å². The highest BCUT2D eigenvalue weighted by Crippen LogP contribution is 2.31. The Kier molecular flexibility index (Phi) is 4.40. The first-order valence-electron chi connectivity index (χ1n) is 6.51. The molecule has 2 rings (SSSR count). The van der Waals surface area contributed by atoms with E-state index in [2.05, 4.69) is 14.9 Å². The lowest BCUT2D eigenvalue weighted by Crippen LogP contribution is -2.31. The standard InChI is InChI=1S/C13H20ClN3O/c1-9-12(14)15-10(2)16-13(9)17-7-3-5-11(17)6-4-8-18/h11,18H,3-8H2,1-2H3. The maximum absolute atomic E-state index is 8.96. The van der Waals surface area contributed by atoms with Crippen molar-refractivity contribution in [3.05, 3.63) is 16.5 Å². The molecule has 1 aliphatic heterocycles. The molecule has 0 amide bonds. The Morgan fingerprint density at radius 1 is 1.39 bits per heavy atom. The molecule has 100 valence electrons. The molecular formula is C13H20ClN3O. The summed E-state index contributed by atoms with van der Waals surface area (Å²) in [6.45, 7) is 5.11. The van der Waals surface area contributed by atoms with Crippen LogP contribution < -0.4 is 4.90 Å². The summed E-state index contributed by atoms with van der Waals surface area (Å²) in [6, 6.07) is 0.473. The fourth-order valence-electron chi connectivity index (χ4n) is 2.60. The molecule has 0 bridgehead atoms. The predicted octanol–water partition coefficient (Wildman–Crippen LogP) is 2.49. The van der Waals surface area contributed by atoms with E-state index in [1.54, 1.807) is 0 Å². The molecule has 5 heteroatoms. The largest absolute Gasteiger partial charge is 0.396 e. The van der Waals surface area contributed by atoms with Crippen LogP contribution in [0, 0.1) is 13.8 Å². The SMILES string of the molecule is Cc1nc(Cl)c(C)c(N2CCCC2CCCO)n1. The van der Waals surface area contributed by atoms with Gasteiger partial charge in [-0.1, -0.05) is 11.6 Å².